The van der Waals surface area contributed by atoms with Crippen LogP contribution < -0.4 is 5.84 Å². The maximum Gasteiger partial charge on any atom is 0.427 e. The Hall–Kier alpha value is -2.16. The number of likely N-dealkylation sites (tertiary alicyclic amines) is 1. The van der Waals surface area contributed by atoms with E-state index in [4.69, 9.17) is 15.7 Å². The molecule has 20 heavy (non-hydrogen) atoms. The van der Waals surface area contributed by atoms with Gasteiger partial charge in [0.05, 0.1) is 0 Å². The molecule has 1 atom stereocenters. The van der Waals surface area contributed by atoms with Crippen molar-refractivity contribution in [3.63, 3.8) is 0 Å². The number of hydrazine groups is 1. The van der Waals surface area contributed by atoms with Gasteiger partial charge in [0.25, 0.3) is 0 Å². The monoisotopic (exact) mass is 287 g/mol. The van der Waals surface area contributed by atoms with Gasteiger partial charge in [-0.15, -0.1) is 0 Å². The first kappa shape index (κ1) is 15.9. The molecule has 112 valence electrons. The van der Waals surface area contributed by atoms with E-state index in [-0.39, 0.29) is 17.9 Å². The van der Waals surface area contributed by atoms with Gasteiger partial charge < -0.3 is 9.84 Å². The minimum Gasteiger partial charge on any atom is -0.478 e. The van der Waals surface area contributed by atoms with Crippen LogP contribution in [0.25, 0.3) is 0 Å². The number of nitrogens with zero attached hydrogens (tertiary/aromatic N) is 2. The average Bonchev–Trinajstić information content (AvgIpc) is 2.58. The Labute approximate surface area is 115 Å². The van der Waals surface area contributed by atoms with E-state index in [1.807, 2.05) is 0 Å². The number of rotatable bonds is 3. The van der Waals surface area contributed by atoms with Crippen LogP contribution in [-0.4, -0.2) is 50.7 Å². The lowest BCUT2D eigenvalue weighted by molar-refractivity contribution is -0.162. The fraction of sp³-hybridized carbons (Fsp3) is 0.636. The first-order valence-electron chi connectivity index (χ1n) is 5.89. The highest BCUT2D eigenvalue weighted by atomic mass is 16.6. The lowest BCUT2D eigenvalue weighted by atomic mass is 10.2. The van der Waals surface area contributed by atoms with Crippen LogP contribution in [0.3, 0.4) is 0 Å². The fourth-order valence-corrected chi connectivity index (χ4v) is 1.63. The second-order valence-corrected chi connectivity index (χ2v) is 5.26. The van der Waals surface area contributed by atoms with Gasteiger partial charge in [-0.25, -0.2) is 25.3 Å². The Morgan fingerprint density at radius 1 is 1.30 bits per heavy atom. The quantitative estimate of drug-likeness (QED) is 0.314. The molecule has 0 bridgehead atoms. The normalized spacial score (nSPS) is 17.1. The predicted octanol–water partition coefficient (Wildman–Crippen LogP) is -0.343. The van der Waals surface area contributed by atoms with Crippen molar-refractivity contribution in [3.05, 3.63) is 0 Å². The maximum atomic E-state index is 11.7. The highest BCUT2D eigenvalue weighted by Gasteiger charge is 2.44. The third kappa shape index (κ3) is 3.44. The lowest BCUT2D eigenvalue weighted by Crippen LogP contribution is -2.60. The minimum absolute atomic E-state index is 0.106. The third-order valence-electron chi connectivity index (χ3n) is 2.42. The topological polar surface area (TPSA) is 130 Å². The number of aliphatic carboxylic acids is 1. The summed E-state index contributed by atoms with van der Waals surface area (Å²) in [6.45, 7) is 4.71. The molecule has 0 radical (unpaired) electrons. The molecule has 0 aromatic rings. The summed E-state index contributed by atoms with van der Waals surface area (Å²) in [5.41, 5.74) is -0.892. The molecule has 3 amide bonds. The molecule has 0 aromatic carbocycles. The van der Waals surface area contributed by atoms with E-state index in [9.17, 15) is 19.2 Å². The van der Waals surface area contributed by atoms with E-state index in [1.165, 1.54) is 0 Å². The summed E-state index contributed by atoms with van der Waals surface area (Å²) in [6, 6.07) is 0. The maximum absolute atomic E-state index is 11.7. The summed E-state index contributed by atoms with van der Waals surface area (Å²) >= 11 is 0. The molecule has 0 aliphatic carbocycles. The summed E-state index contributed by atoms with van der Waals surface area (Å²) < 4.78 is 4.91. The van der Waals surface area contributed by atoms with Gasteiger partial charge in [-0.1, -0.05) is 0 Å². The van der Waals surface area contributed by atoms with Crippen molar-refractivity contribution in [2.45, 2.75) is 45.4 Å². The highest BCUT2D eigenvalue weighted by Crippen LogP contribution is 2.18. The Kier molecular flexibility index (Phi) is 4.33. The van der Waals surface area contributed by atoms with Gasteiger partial charge >= 0.3 is 12.1 Å². The minimum atomic E-state index is -1.91. The van der Waals surface area contributed by atoms with Crippen molar-refractivity contribution >= 4 is 23.9 Å². The smallest absolute Gasteiger partial charge is 0.427 e. The number of ether oxygens (including phenoxy) is 1. The number of carboxylic acid groups (broad SMARTS) is 1. The molecule has 9 nitrogen and oxygen atoms in total. The lowest BCUT2D eigenvalue weighted by Gasteiger charge is -2.31. The third-order valence-corrected chi connectivity index (χ3v) is 2.42. The van der Waals surface area contributed by atoms with Crippen LogP contribution in [0.15, 0.2) is 0 Å². The molecular formula is C11H17N3O6. The van der Waals surface area contributed by atoms with Crippen molar-refractivity contribution < 1.29 is 29.0 Å². The molecule has 0 saturated carbocycles. The molecule has 1 aliphatic heterocycles. The standard InChI is InChI=1S/C11H17N3O6/c1-11(2,3)20-10(19)14(12)8(9(17)18)13-6(15)4-5-7(13)16/h8H,4-5,12H2,1-3H3,(H,17,18). The van der Waals surface area contributed by atoms with Crippen LogP contribution in [0.2, 0.25) is 0 Å². The zero-order valence-corrected chi connectivity index (χ0v) is 11.5. The van der Waals surface area contributed by atoms with Crippen LogP contribution in [0, 0.1) is 0 Å². The Morgan fingerprint density at radius 3 is 2.10 bits per heavy atom. The van der Waals surface area contributed by atoms with Gasteiger partial charge in [-0.2, -0.15) is 0 Å². The number of carbonyl (C=O) groups excluding carboxylic acids is 3. The highest BCUT2D eigenvalue weighted by molar-refractivity contribution is 6.05. The molecule has 0 aromatic heterocycles. The van der Waals surface area contributed by atoms with E-state index in [2.05, 4.69) is 0 Å². The summed E-state index contributed by atoms with van der Waals surface area (Å²) in [6.07, 6.45) is -3.26. The van der Waals surface area contributed by atoms with Crippen molar-refractivity contribution in [1.82, 2.24) is 9.91 Å². The number of imide groups is 1. The number of hydrogen-bond acceptors (Lipinski definition) is 6. The van der Waals surface area contributed by atoms with Gasteiger partial charge in [-0.05, 0) is 20.8 Å². The van der Waals surface area contributed by atoms with E-state index in [0.29, 0.717) is 4.90 Å². The zero-order valence-electron chi connectivity index (χ0n) is 11.5. The van der Waals surface area contributed by atoms with Gasteiger partial charge in [0.2, 0.25) is 18.0 Å². The number of carboxylic acids is 1. The van der Waals surface area contributed by atoms with Gasteiger partial charge in [0.15, 0.2) is 0 Å². The van der Waals surface area contributed by atoms with Crippen LogP contribution >= 0.6 is 0 Å². The van der Waals surface area contributed by atoms with Crippen molar-refractivity contribution in [3.8, 4) is 0 Å². The van der Waals surface area contributed by atoms with Crippen LogP contribution in [-0.2, 0) is 19.1 Å². The summed E-state index contributed by atoms with van der Waals surface area (Å²) in [5.74, 6) is 2.42. The average molecular weight is 287 g/mol. The van der Waals surface area contributed by atoms with Gasteiger partial charge in [0.1, 0.15) is 5.60 Å². The second-order valence-electron chi connectivity index (χ2n) is 5.26. The van der Waals surface area contributed by atoms with Crippen LogP contribution in [0.4, 0.5) is 4.79 Å². The first-order valence-corrected chi connectivity index (χ1v) is 5.89. The van der Waals surface area contributed by atoms with Crippen molar-refractivity contribution in [2.75, 3.05) is 0 Å². The van der Waals surface area contributed by atoms with Gasteiger partial charge in [-0.3, -0.25) is 9.59 Å². The molecule has 1 unspecified atom stereocenters. The number of nitrogens with two attached hydrogens (primary N) is 1. The molecule has 9 heteroatoms. The van der Waals surface area contributed by atoms with Gasteiger partial charge in [0, 0.05) is 12.8 Å². The second kappa shape index (κ2) is 5.45. The zero-order chi connectivity index (χ0) is 15.7. The Morgan fingerprint density at radius 2 is 1.75 bits per heavy atom. The SMILES string of the molecule is CC(C)(C)OC(=O)N(N)C(C(=O)O)N1C(=O)CCC1=O. The van der Waals surface area contributed by atoms with E-state index < -0.39 is 35.6 Å². The molecule has 1 heterocycles. The fourth-order valence-electron chi connectivity index (χ4n) is 1.63. The predicted molar refractivity (Wildman–Crippen MR) is 64.8 cm³/mol. The van der Waals surface area contributed by atoms with Crippen LogP contribution in [0.1, 0.15) is 33.6 Å². The van der Waals surface area contributed by atoms with E-state index in [1.54, 1.807) is 20.8 Å². The molecule has 1 fully saturated rings. The number of carbonyl (C=O) groups is 4. The largest absolute Gasteiger partial charge is 0.478 e. The van der Waals surface area contributed by atoms with Crippen molar-refractivity contribution in [1.29, 1.82) is 0 Å². The number of amides is 3. The molecule has 1 rings (SSSR count). The van der Waals surface area contributed by atoms with Crippen molar-refractivity contribution in [2.24, 2.45) is 5.84 Å². The first-order chi connectivity index (χ1) is 9.04. The molecular weight excluding hydrogens is 270 g/mol. The van der Waals surface area contributed by atoms with E-state index >= 15 is 0 Å². The Bertz CT molecular complexity index is 440. The molecule has 1 aliphatic rings. The Balaban J connectivity index is 2.97. The summed E-state index contributed by atoms with van der Waals surface area (Å²) in [7, 11) is 0. The molecule has 3 N–H and O–H groups in total. The van der Waals surface area contributed by atoms with Crippen LogP contribution in [0.5, 0.6) is 0 Å². The molecule has 0 spiro atoms. The molecule has 1 saturated heterocycles. The summed E-state index contributed by atoms with van der Waals surface area (Å²) in [5, 5.41) is 9.34. The summed E-state index contributed by atoms with van der Waals surface area (Å²) in [4.78, 5) is 46.5. The van der Waals surface area contributed by atoms with E-state index in [0.717, 1.165) is 0 Å². The number of hydrogen-bond donors (Lipinski definition) is 2.